The molecular weight excluding hydrogens is 312 g/mol. The molecule has 0 radical (unpaired) electrons. The molecule has 1 aliphatic rings. The van der Waals surface area contributed by atoms with Crippen molar-refractivity contribution in [1.82, 2.24) is 4.90 Å². The number of carbonyl (C=O) groups is 1. The maximum Gasteiger partial charge on any atom is 0.221 e. The summed E-state index contributed by atoms with van der Waals surface area (Å²) < 4.78 is 6.10. The van der Waals surface area contributed by atoms with Gasteiger partial charge in [-0.1, -0.05) is 35.9 Å². The number of hydrogen-bond acceptors (Lipinski definition) is 3. The van der Waals surface area contributed by atoms with Crippen LogP contribution in [0.25, 0.3) is 0 Å². The minimum Gasteiger partial charge on any atom is -0.490 e. The highest BCUT2D eigenvalue weighted by molar-refractivity contribution is 5.89. The van der Waals surface area contributed by atoms with Crippen LogP contribution in [0.4, 0.5) is 5.69 Å². The Morgan fingerprint density at radius 3 is 2.48 bits per heavy atom. The Morgan fingerprint density at radius 2 is 1.80 bits per heavy atom. The van der Waals surface area contributed by atoms with Crippen molar-refractivity contribution in [2.24, 2.45) is 0 Å². The number of ether oxygens (including phenoxy) is 1. The van der Waals surface area contributed by atoms with E-state index in [0.717, 1.165) is 49.5 Å². The van der Waals surface area contributed by atoms with Gasteiger partial charge in [-0.3, -0.25) is 9.69 Å². The zero-order chi connectivity index (χ0) is 17.6. The molecule has 0 aliphatic carbocycles. The van der Waals surface area contributed by atoms with Crippen molar-refractivity contribution in [1.29, 1.82) is 0 Å². The van der Waals surface area contributed by atoms with Crippen molar-refractivity contribution in [2.45, 2.75) is 39.3 Å². The predicted octanol–water partition coefficient (Wildman–Crippen LogP) is 4.00. The normalized spacial score (nSPS) is 15.8. The van der Waals surface area contributed by atoms with Gasteiger partial charge in [0.2, 0.25) is 5.91 Å². The van der Waals surface area contributed by atoms with E-state index in [1.54, 1.807) is 6.92 Å². The van der Waals surface area contributed by atoms with Gasteiger partial charge in [0.1, 0.15) is 11.9 Å². The van der Waals surface area contributed by atoms with Crippen molar-refractivity contribution < 1.29 is 9.53 Å². The number of benzene rings is 2. The lowest BCUT2D eigenvalue weighted by molar-refractivity contribution is -0.114. The second-order valence-electron chi connectivity index (χ2n) is 6.74. The minimum atomic E-state index is -0.0299. The van der Waals surface area contributed by atoms with Crippen LogP contribution in [0, 0.1) is 6.92 Å². The van der Waals surface area contributed by atoms with Crippen LogP contribution in [0.3, 0.4) is 0 Å². The molecule has 132 valence electrons. The van der Waals surface area contributed by atoms with E-state index in [2.05, 4.69) is 35.3 Å². The Labute approximate surface area is 149 Å². The average Bonchev–Trinajstić information content (AvgIpc) is 2.60. The third-order valence-electron chi connectivity index (χ3n) is 4.58. The molecule has 2 aromatic rings. The molecule has 1 saturated heterocycles. The Hall–Kier alpha value is -2.33. The fourth-order valence-electron chi connectivity index (χ4n) is 3.21. The first kappa shape index (κ1) is 17.5. The van der Waals surface area contributed by atoms with Crippen molar-refractivity contribution in [2.75, 3.05) is 18.4 Å². The average molecular weight is 338 g/mol. The van der Waals surface area contributed by atoms with E-state index in [1.165, 1.54) is 5.56 Å². The maximum atomic E-state index is 11.4. The van der Waals surface area contributed by atoms with Crippen LogP contribution < -0.4 is 10.1 Å². The van der Waals surface area contributed by atoms with Crippen LogP contribution in [-0.4, -0.2) is 30.0 Å². The highest BCUT2D eigenvalue weighted by Crippen LogP contribution is 2.23. The summed E-state index contributed by atoms with van der Waals surface area (Å²) in [4.78, 5) is 13.8. The van der Waals surface area contributed by atoms with E-state index in [0.29, 0.717) is 0 Å². The predicted molar refractivity (Wildman–Crippen MR) is 101 cm³/mol. The van der Waals surface area contributed by atoms with E-state index in [-0.39, 0.29) is 12.0 Å². The topological polar surface area (TPSA) is 41.6 Å². The second-order valence-corrected chi connectivity index (χ2v) is 6.74. The van der Waals surface area contributed by atoms with Gasteiger partial charge >= 0.3 is 0 Å². The Morgan fingerprint density at radius 1 is 1.12 bits per heavy atom. The summed E-state index contributed by atoms with van der Waals surface area (Å²) >= 11 is 0. The Kier molecular flexibility index (Phi) is 5.71. The number of carbonyl (C=O) groups excluding carboxylic acids is 1. The molecule has 1 aliphatic heterocycles. The first-order valence-corrected chi connectivity index (χ1v) is 8.91. The highest BCUT2D eigenvalue weighted by Gasteiger charge is 2.21. The second kappa shape index (κ2) is 8.17. The van der Waals surface area contributed by atoms with Crippen LogP contribution in [0.2, 0.25) is 0 Å². The highest BCUT2D eigenvalue weighted by atomic mass is 16.5. The van der Waals surface area contributed by atoms with E-state index >= 15 is 0 Å². The number of anilines is 1. The summed E-state index contributed by atoms with van der Waals surface area (Å²) in [6.45, 7) is 6.50. The largest absolute Gasteiger partial charge is 0.490 e. The van der Waals surface area contributed by atoms with E-state index in [9.17, 15) is 4.79 Å². The summed E-state index contributed by atoms with van der Waals surface area (Å²) in [7, 11) is 0. The lowest BCUT2D eigenvalue weighted by Gasteiger charge is -2.32. The molecule has 0 saturated carbocycles. The first-order chi connectivity index (χ1) is 12.1. The molecule has 0 atom stereocenters. The van der Waals surface area contributed by atoms with E-state index in [4.69, 9.17) is 4.74 Å². The van der Waals surface area contributed by atoms with Gasteiger partial charge in [-0.25, -0.2) is 0 Å². The molecule has 1 amide bonds. The van der Waals surface area contributed by atoms with Gasteiger partial charge in [0.05, 0.1) is 0 Å². The van der Waals surface area contributed by atoms with E-state index < -0.39 is 0 Å². The van der Waals surface area contributed by atoms with Crippen LogP contribution in [0.1, 0.15) is 30.9 Å². The third-order valence-corrected chi connectivity index (χ3v) is 4.58. The Balaban J connectivity index is 1.53. The van der Waals surface area contributed by atoms with Crippen molar-refractivity contribution in [3.05, 3.63) is 59.7 Å². The molecule has 25 heavy (non-hydrogen) atoms. The summed E-state index contributed by atoms with van der Waals surface area (Å²) in [6.07, 6.45) is 2.33. The third kappa shape index (κ3) is 5.07. The van der Waals surface area contributed by atoms with Gasteiger partial charge in [-0.05, 0) is 43.5 Å². The number of nitrogens with one attached hydrogen (secondary N) is 1. The first-order valence-electron chi connectivity index (χ1n) is 8.91. The summed E-state index contributed by atoms with van der Waals surface area (Å²) in [6, 6.07) is 16.3. The van der Waals surface area contributed by atoms with Gasteiger partial charge in [0, 0.05) is 32.2 Å². The lowest BCUT2D eigenvalue weighted by Crippen LogP contribution is -2.38. The SMILES string of the molecule is CC(=O)Nc1ccccc1CN1CCC(Oc2ccc(C)cc2)CC1. The van der Waals surface area contributed by atoms with Gasteiger partial charge in [0.15, 0.2) is 0 Å². The smallest absolute Gasteiger partial charge is 0.221 e. The molecule has 0 bridgehead atoms. The zero-order valence-corrected chi connectivity index (χ0v) is 15.0. The molecule has 1 fully saturated rings. The van der Waals surface area contributed by atoms with Crippen molar-refractivity contribution >= 4 is 11.6 Å². The van der Waals surface area contributed by atoms with Crippen molar-refractivity contribution in [3.8, 4) is 5.75 Å². The number of aryl methyl sites for hydroxylation is 1. The fraction of sp³-hybridized carbons (Fsp3) is 0.381. The van der Waals surface area contributed by atoms with Gasteiger partial charge in [0.25, 0.3) is 0 Å². The number of piperidine rings is 1. The summed E-state index contributed by atoms with van der Waals surface area (Å²) in [5.74, 6) is 0.928. The standard InChI is InChI=1S/C21H26N2O2/c1-16-7-9-19(10-8-16)25-20-11-13-23(14-12-20)15-18-5-3-4-6-21(18)22-17(2)24/h3-10,20H,11-15H2,1-2H3,(H,22,24). The lowest BCUT2D eigenvalue weighted by atomic mass is 10.1. The molecule has 4 heteroatoms. The molecule has 2 aromatic carbocycles. The number of para-hydroxylation sites is 1. The zero-order valence-electron chi connectivity index (χ0n) is 15.0. The number of likely N-dealkylation sites (tertiary alicyclic amines) is 1. The molecule has 1 N–H and O–H groups in total. The van der Waals surface area contributed by atoms with Gasteiger partial charge in [-0.15, -0.1) is 0 Å². The van der Waals surface area contributed by atoms with Crippen LogP contribution in [0.15, 0.2) is 48.5 Å². The molecule has 0 spiro atoms. The van der Waals surface area contributed by atoms with Gasteiger partial charge in [-0.2, -0.15) is 0 Å². The Bertz CT molecular complexity index is 704. The molecule has 1 heterocycles. The van der Waals surface area contributed by atoms with Crippen LogP contribution in [0.5, 0.6) is 5.75 Å². The van der Waals surface area contributed by atoms with Crippen LogP contribution in [-0.2, 0) is 11.3 Å². The molecule has 3 rings (SSSR count). The minimum absolute atomic E-state index is 0.0299. The summed E-state index contributed by atoms with van der Waals surface area (Å²) in [5, 5.41) is 2.92. The molecule has 0 unspecified atom stereocenters. The van der Waals surface area contributed by atoms with Gasteiger partial charge < -0.3 is 10.1 Å². The number of nitrogens with zero attached hydrogens (tertiary/aromatic N) is 1. The van der Waals surface area contributed by atoms with Crippen LogP contribution >= 0.6 is 0 Å². The molecular formula is C21H26N2O2. The monoisotopic (exact) mass is 338 g/mol. The fourth-order valence-corrected chi connectivity index (χ4v) is 3.21. The van der Waals surface area contributed by atoms with Crippen molar-refractivity contribution in [3.63, 3.8) is 0 Å². The number of rotatable bonds is 5. The molecule has 4 nitrogen and oxygen atoms in total. The molecule has 0 aromatic heterocycles. The quantitative estimate of drug-likeness (QED) is 0.896. The number of amides is 1. The summed E-state index contributed by atoms with van der Waals surface area (Å²) in [5.41, 5.74) is 3.32. The number of hydrogen-bond donors (Lipinski definition) is 1. The van der Waals surface area contributed by atoms with E-state index in [1.807, 2.05) is 30.3 Å². The maximum absolute atomic E-state index is 11.4.